The van der Waals surface area contributed by atoms with Gasteiger partial charge in [-0.3, -0.25) is 14.4 Å². The molecule has 0 fully saturated rings. The van der Waals surface area contributed by atoms with Crippen molar-refractivity contribution in [2.45, 2.75) is 31.7 Å². The van der Waals surface area contributed by atoms with Gasteiger partial charge in [0.2, 0.25) is 5.91 Å². The van der Waals surface area contributed by atoms with Crippen LogP contribution in [0.4, 0.5) is 0 Å². The molecular weight excluding hydrogens is 338 g/mol. The van der Waals surface area contributed by atoms with E-state index in [4.69, 9.17) is 14.6 Å². The number of benzene rings is 1. The number of carboxylic acid groups (broad SMARTS) is 1. The van der Waals surface area contributed by atoms with Crippen molar-refractivity contribution in [3.05, 3.63) is 42.0 Å². The molecule has 2 atom stereocenters. The summed E-state index contributed by atoms with van der Waals surface area (Å²) in [6.45, 7) is -0.0925. The van der Waals surface area contributed by atoms with Gasteiger partial charge in [-0.15, -0.1) is 0 Å². The zero-order valence-electron chi connectivity index (χ0n) is 14.6. The van der Waals surface area contributed by atoms with Crippen LogP contribution in [0.15, 0.2) is 36.4 Å². The van der Waals surface area contributed by atoms with Crippen LogP contribution < -0.4 is 10.1 Å². The largest absolute Gasteiger partial charge is 0.496 e. The third kappa shape index (κ3) is 5.61. The molecule has 1 amide bonds. The van der Waals surface area contributed by atoms with Gasteiger partial charge in [0.25, 0.3) is 0 Å². The summed E-state index contributed by atoms with van der Waals surface area (Å²) in [4.78, 5) is 35.5. The fraction of sp³-hybridized carbons (Fsp3) is 0.421. The lowest BCUT2D eigenvalue weighted by molar-refractivity contribution is -0.153. The second-order valence-electron chi connectivity index (χ2n) is 6.03. The number of para-hydroxylation sites is 1. The first kappa shape index (κ1) is 19.5. The first-order valence-corrected chi connectivity index (χ1v) is 8.47. The molecule has 1 aliphatic heterocycles. The second-order valence-corrected chi connectivity index (χ2v) is 6.03. The summed E-state index contributed by atoms with van der Waals surface area (Å²) in [6.07, 6.45) is 4.28. The van der Waals surface area contributed by atoms with Crippen molar-refractivity contribution in [1.82, 2.24) is 5.32 Å². The van der Waals surface area contributed by atoms with Gasteiger partial charge >= 0.3 is 11.9 Å². The lowest BCUT2D eigenvalue weighted by Gasteiger charge is -2.23. The Hall–Kier alpha value is -2.83. The van der Waals surface area contributed by atoms with Crippen molar-refractivity contribution in [3.8, 4) is 5.75 Å². The molecule has 0 unspecified atom stereocenters. The predicted octanol–water partition coefficient (Wildman–Crippen LogP) is 2.23. The molecule has 0 saturated heterocycles. The standard InChI is InChI=1S/C19H23NO6/c1-25-16-9-6-5-8-14(16)15-12-26-19(24)13(11-18(22)23)7-3-2-4-10-17(21)20-15/h2-3,5-6,8-9,13,15H,4,7,10-12H2,1H3,(H,20,21)(H,22,23)/b3-2+/t13-,15-/m0/s1. The lowest BCUT2D eigenvalue weighted by Crippen LogP contribution is -2.33. The van der Waals surface area contributed by atoms with Crippen molar-refractivity contribution in [2.75, 3.05) is 13.7 Å². The highest BCUT2D eigenvalue weighted by Crippen LogP contribution is 2.26. The number of carbonyl (C=O) groups excluding carboxylic acids is 2. The van der Waals surface area contributed by atoms with Gasteiger partial charge in [-0.25, -0.2) is 0 Å². The maximum atomic E-state index is 12.3. The molecule has 1 aromatic carbocycles. The molecule has 2 rings (SSSR count). The van der Waals surface area contributed by atoms with E-state index in [1.165, 1.54) is 7.11 Å². The first-order valence-electron chi connectivity index (χ1n) is 8.47. The number of amides is 1. The van der Waals surface area contributed by atoms with E-state index in [0.717, 1.165) is 0 Å². The van der Waals surface area contributed by atoms with E-state index in [9.17, 15) is 14.4 Å². The molecule has 0 radical (unpaired) electrons. The molecule has 0 spiro atoms. The fourth-order valence-corrected chi connectivity index (χ4v) is 2.78. The number of esters is 1. The number of nitrogens with one attached hydrogen (secondary N) is 1. The minimum Gasteiger partial charge on any atom is -0.496 e. The molecule has 1 aromatic rings. The summed E-state index contributed by atoms with van der Waals surface area (Å²) in [5.41, 5.74) is 0.693. The molecule has 2 N–H and O–H groups in total. The van der Waals surface area contributed by atoms with Crippen LogP contribution in [0.3, 0.4) is 0 Å². The lowest BCUT2D eigenvalue weighted by atomic mass is 10.0. The van der Waals surface area contributed by atoms with Crippen LogP contribution in [0, 0.1) is 5.92 Å². The summed E-state index contributed by atoms with van der Waals surface area (Å²) in [5.74, 6) is -1.99. The third-order valence-corrected chi connectivity index (χ3v) is 4.12. The number of methoxy groups -OCH3 is 1. The number of cyclic esters (lactones) is 1. The van der Waals surface area contributed by atoms with Crippen molar-refractivity contribution < 1.29 is 29.0 Å². The number of hydrogen-bond acceptors (Lipinski definition) is 5. The Balaban J connectivity index is 2.23. The van der Waals surface area contributed by atoms with E-state index >= 15 is 0 Å². The van der Waals surface area contributed by atoms with E-state index in [1.807, 2.05) is 0 Å². The quantitative estimate of drug-likeness (QED) is 0.630. The van der Waals surface area contributed by atoms with Gasteiger partial charge < -0.3 is 19.9 Å². The fourth-order valence-electron chi connectivity index (χ4n) is 2.78. The Morgan fingerprint density at radius 1 is 1.31 bits per heavy atom. The predicted molar refractivity (Wildman–Crippen MR) is 93.6 cm³/mol. The van der Waals surface area contributed by atoms with E-state index in [-0.39, 0.29) is 25.4 Å². The second kappa shape index (κ2) is 9.60. The number of carboxylic acids is 1. The normalized spacial score (nSPS) is 23.0. The van der Waals surface area contributed by atoms with E-state index in [0.29, 0.717) is 24.2 Å². The van der Waals surface area contributed by atoms with Gasteiger partial charge in [0, 0.05) is 12.0 Å². The van der Waals surface area contributed by atoms with E-state index in [2.05, 4.69) is 5.32 Å². The molecule has 0 bridgehead atoms. The topological polar surface area (TPSA) is 102 Å². The van der Waals surface area contributed by atoms with Gasteiger partial charge in [-0.05, 0) is 18.9 Å². The highest BCUT2D eigenvalue weighted by molar-refractivity contribution is 5.79. The summed E-state index contributed by atoms with van der Waals surface area (Å²) in [6, 6.07) is 6.58. The zero-order chi connectivity index (χ0) is 18.9. The Bertz CT molecular complexity index is 684. The Labute approximate surface area is 152 Å². The van der Waals surface area contributed by atoms with Gasteiger partial charge in [0.05, 0.1) is 25.5 Å². The number of allylic oxidation sites excluding steroid dienone is 2. The molecular formula is C19H23NO6. The average Bonchev–Trinajstić information content (AvgIpc) is 2.62. The molecule has 7 nitrogen and oxygen atoms in total. The van der Waals surface area contributed by atoms with Gasteiger partial charge in [-0.1, -0.05) is 30.4 Å². The summed E-state index contributed by atoms with van der Waals surface area (Å²) >= 11 is 0. The Morgan fingerprint density at radius 2 is 2.08 bits per heavy atom. The SMILES string of the molecule is COc1ccccc1[C@@H]1COC(=O)[C@H](CC(=O)O)C/C=C/CCC(=O)N1. The maximum Gasteiger partial charge on any atom is 0.309 e. The van der Waals surface area contributed by atoms with E-state index in [1.54, 1.807) is 36.4 Å². The number of ether oxygens (including phenoxy) is 2. The summed E-state index contributed by atoms with van der Waals surface area (Å²) in [5, 5.41) is 11.9. The third-order valence-electron chi connectivity index (χ3n) is 4.12. The van der Waals surface area contributed by atoms with Crippen LogP contribution in [0.25, 0.3) is 0 Å². The molecule has 0 aliphatic carbocycles. The van der Waals surface area contributed by atoms with Crippen LogP contribution in [-0.4, -0.2) is 36.7 Å². The number of hydrogen-bond donors (Lipinski definition) is 2. The van der Waals surface area contributed by atoms with Crippen LogP contribution in [0.2, 0.25) is 0 Å². The van der Waals surface area contributed by atoms with Crippen LogP contribution in [-0.2, 0) is 19.1 Å². The van der Waals surface area contributed by atoms with Crippen molar-refractivity contribution >= 4 is 17.8 Å². The van der Waals surface area contributed by atoms with Crippen LogP contribution in [0.1, 0.15) is 37.3 Å². The first-order chi connectivity index (χ1) is 12.5. The van der Waals surface area contributed by atoms with Crippen molar-refractivity contribution in [1.29, 1.82) is 0 Å². The number of carbonyl (C=O) groups is 3. The Kier molecular flexibility index (Phi) is 7.20. The zero-order valence-corrected chi connectivity index (χ0v) is 14.6. The van der Waals surface area contributed by atoms with Crippen LogP contribution >= 0.6 is 0 Å². The highest BCUT2D eigenvalue weighted by Gasteiger charge is 2.25. The molecule has 7 heteroatoms. The number of aliphatic carboxylic acids is 1. The monoisotopic (exact) mass is 361 g/mol. The number of rotatable bonds is 4. The average molecular weight is 361 g/mol. The molecule has 26 heavy (non-hydrogen) atoms. The molecule has 0 saturated carbocycles. The maximum absolute atomic E-state index is 12.3. The molecule has 1 heterocycles. The molecule has 1 aliphatic rings. The van der Waals surface area contributed by atoms with Gasteiger partial charge in [0.15, 0.2) is 0 Å². The van der Waals surface area contributed by atoms with Gasteiger partial charge in [0.1, 0.15) is 12.4 Å². The molecule has 0 aromatic heterocycles. The summed E-state index contributed by atoms with van der Waals surface area (Å²) < 4.78 is 10.7. The van der Waals surface area contributed by atoms with E-state index < -0.39 is 23.9 Å². The Morgan fingerprint density at radius 3 is 2.81 bits per heavy atom. The van der Waals surface area contributed by atoms with Crippen molar-refractivity contribution in [2.24, 2.45) is 5.92 Å². The minimum atomic E-state index is -1.05. The minimum absolute atomic E-state index is 0.0925. The summed E-state index contributed by atoms with van der Waals surface area (Å²) in [7, 11) is 1.52. The smallest absolute Gasteiger partial charge is 0.309 e. The highest BCUT2D eigenvalue weighted by atomic mass is 16.5. The van der Waals surface area contributed by atoms with Gasteiger partial charge in [-0.2, -0.15) is 0 Å². The van der Waals surface area contributed by atoms with Crippen LogP contribution in [0.5, 0.6) is 5.75 Å². The van der Waals surface area contributed by atoms with Crippen molar-refractivity contribution in [3.63, 3.8) is 0 Å². The molecule has 140 valence electrons.